The summed E-state index contributed by atoms with van der Waals surface area (Å²) in [6.07, 6.45) is 3.09. The molecule has 0 bridgehead atoms. The van der Waals surface area contributed by atoms with Gasteiger partial charge < -0.3 is 14.8 Å². The molecular formula is C17H17ClN2O3. The molecule has 0 atom stereocenters. The number of amides is 1. The number of halogens is 1. The van der Waals surface area contributed by atoms with E-state index in [0.717, 1.165) is 5.56 Å². The lowest BCUT2D eigenvalue weighted by Gasteiger charge is -2.09. The van der Waals surface area contributed by atoms with Crippen LogP contribution in [0.3, 0.4) is 0 Å². The number of pyridine rings is 1. The Labute approximate surface area is 139 Å². The standard InChI is InChI=1S/C17H17ClN2O3/c1-3-23-13-9-7-12(11-14(13)22-2)8-10-17(21)20-16-6-4-5-15(18)19-16/h4-11H,3H2,1-2H3,(H,19,20,21)/b10-8+. The Bertz CT molecular complexity index is 717. The fourth-order valence-corrected chi connectivity index (χ4v) is 2.04. The second-order valence-corrected chi connectivity index (χ2v) is 4.90. The molecule has 0 saturated heterocycles. The van der Waals surface area contributed by atoms with Gasteiger partial charge in [-0.1, -0.05) is 23.7 Å². The number of methoxy groups -OCH3 is 1. The zero-order chi connectivity index (χ0) is 16.7. The Morgan fingerprint density at radius 1 is 1.30 bits per heavy atom. The number of anilines is 1. The monoisotopic (exact) mass is 332 g/mol. The Morgan fingerprint density at radius 3 is 2.83 bits per heavy atom. The van der Waals surface area contributed by atoms with Gasteiger partial charge in [-0.05, 0) is 42.8 Å². The van der Waals surface area contributed by atoms with Crippen LogP contribution in [0.2, 0.25) is 5.15 Å². The van der Waals surface area contributed by atoms with Crippen LogP contribution in [0.15, 0.2) is 42.5 Å². The maximum Gasteiger partial charge on any atom is 0.249 e. The van der Waals surface area contributed by atoms with Crippen LogP contribution in [0.25, 0.3) is 6.08 Å². The van der Waals surface area contributed by atoms with Crippen molar-refractivity contribution in [2.75, 3.05) is 19.0 Å². The third kappa shape index (κ3) is 5.00. The number of aromatic nitrogens is 1. The molecule has 0 aliphatic carbocycles. The fraction of sp³-hybridized carbons (Fsp3) is 0.176. The first-order valence-electron chi connectivity index (χ1n) is 7.05. The highest BCUT2D eigenvalue weighted by atomic mass is 35.5. The smallest absolute Gasteiger partial charge is 0.249 e. The Morgan fingerprint density at radius 2 is 2.13 bits per heavy atom. The summed E-state index contributed by atoms with van der Waals surface area (Å²) in [6, 6.07) is 10.5. The van der Waals surface area contributed by atoms with Gasteiger partial charge in [0.1, 0.15) is 11.0 Å². The molecule has 0 spiro atoms. The number of rotatable bonds is 6. The summed E-state index contributed by atoms with van der Waals surface area (Å²) in [6.45, 7) is 2.46. The lowest BCUT2D eigenvalue weighted by Crippen LogP contribution is -2.08. The van der Waals surface area contributed by atoms with Crippen LogP contribution >= 0.6 is 11.6 Å². The summed E-state index contributed by atoms with van der Waals surface area (Å²) in [5, 5.41) is 2.96. The lowest BCUT2D eigenvalue weighted by atomic mass is 10.2. The van der Waals surface area contributed by atoms with Gasteiger partial charge >= 0.3 is 0 Å². The van der Waals surface area contributed by atoms with Crippen LogP contribution in [-0.2, 0) is 4.79 Å². The first-order chi connectivity index (χ1) is 11.1. The second kappa shape index (κ2) is 8.19. The molecule has 0 unspecified atom stereocenters. The number of benzene rings is 1. The molecule has 0 radical (unpaired) electrons. The molecule has 2 aromatic rings. The average molecular weight is 333 g/mol. The molecule has 0 aliphatic heterocycles. The average Bonchev–Trinajstić information content (AvgIpc) is 2.54. The first-order valence-corrected chi connectivity index (χ1v) is 7.42. The van der Waals surface area contributed by atoms with E-state index < -0.39 is 0 Å². The normalized spacial score (nSPS) is 10.6. The molecule has 1 amide bonds. The van der Waals surface area contributed by atoms with Gasteiger partial charge in [0.2, 0.25) is 5.91 Å². The van der Waals surface area contributed by atoms with E-state index >= 15 is 0 Å². The van der Waals surface area contributed by atoms with E-state index in [1.165, 1.54) is 6.08 Å². The van der Waals surface area contributed by atoms with Crippen LogP contribution in [0.1, 0.15) is 12.5 Å². The number of nitrogens with one attached hydrogen (secondary N) is 1. The summed E-state index contributed by atoms with van der Waals surface area (Å²) in [5.41, 5.74) is 0.819. The van der Waals surface area contributed by atoms with Crippen molar-refractivity contribution >= 4 is 29.4 Å². The van der Waals surface area contributed by atoms with E-state index in [2.05, 4.69) is 10.3 Å². The second-order valence-electron chi connectivity index (χ2n) is 4.51. The minimum atomic E-state index is -0.299. The topological polar surface area (TPSA) is 60.5 Å². The molecule has 1 aromatic heterocycles. The molecule has 1 N–H and O–H groups in total. The van der Waals surface area contributed by atoms with Gasteiger partial charge in [-0.15, -0.1) is 0 Å². The SMILES string of the molecule is CCOc1ccc(/C=C/C(=O)Nc2cccc(Cl)n2)cc1OC. The molecule has 2 rings (SSSR count). The van der Waals surface area contributed by atoms with E-state index in [1.807, 2.05) is 13.0 Å². The molecule has 0 fully saturated rings. The number of carbonyl (C=O) groups excluding carboxylic acids is 1. The molecule has 1 aromatic carbocycles. The molecule has 23 heavy (non-hydrogen) atoms. The van der Waals surface area contributed by atoms with E-state index in [-0.39, 0.29) is 5.91 Å². The van der Waals surface area contributed by atoms with Gasteiger partial charge in [0.05, 0.1) is 13.7 Å². The van der Waals surface area contributed by atoms with Crippen molar-refractivity contribution < 1.29 is 14.3 Å². The third-order valence-corrected chi connectivity index (χ3v) is 3.09. The predicted octanol–water partition coefficient (Wildman–Crippen LogP) is 3.79. The minimum absolute atomic E-state index is 0.299. The Hall–Kier alpha value is -2.53. The number of hydrogen-bond acceptors (Lipinski definition) is 4. The highest BCUT2D eigenvalue weighted by molar-refractivity contribution is 6.29. The van der Waals surface area contributed by atoms with Gasteiger partial charge in [-0.3, -0.25) is 4.79 Å². The molecule has 0 saturated carbocycles. The van der Waals surface area contributed by atoms with Crippen molar-refractivity contribution in [2.24, 2.45) is 0 Å². The van der Waals surface area contributed by atoms with E-state index in [9.17, 15) is 4.79 Å². The van der Waals surface area contributed by atoms with Gasteiger partial charge in [-0.2, -0.15) is 0 Å². The third-order valence-electron chi connectivity index (χ3n) is 2.88. The Balaban J connectivity index is 2.05. The quantitative estimate of drug-likeness (QED) is 0.645. The summed E-state index contributed by atoms with van der Waals surface area (Å²) in [5.74, 6) is 1.38. The summed E-state index contributed by atoms with van der Waals surface area (Å²) in [4.78, 5) is 15.9. The van der Waals surface area contributed by atoms with Crippen molar-refractivity contribution in [3.05, 3.63) is 53.2 Å². The molecular weight excluding hydrogens is 316 g/mol. The Kier molecular flexibility index (Phi) is 6.00. The number of ether oxygens (including phenoxy) is 2. The van der Waals surface area contributed by atoms with E-state index in [1.54, 1.807) is 43.5 Å². The highest BCUT2D eigenvalue weighted by Gasteiger charge is 2.04. The van der Waals surface area contributed by atoms with Crippen LogP contribution in [0, 0.1) is 0 Å². The maximum atomic E-state index is 11.9. The fourth-order valence-electron chi connectivity index (χ4n) is 1.88. The summed E-state index contributed by atoms with van der Waals surface area (Å²) >= 11 is 5.77. The first kappa shape index (κ1) is 16.8. The highest BCUT2D eigenvalue weighted by Crippen LogP contribution is 2.28. The summed E-state index contributed by atoms with van der Waals surface area (Å²) < 4.78 is 10.7. The van der Waals surface area contributed by atoms with Gasteiger partial charge in [0, 0.05) is 6.08 Å². The minimum Gasteiger partial charge on any atom is -0.493 e. The van der Waals surface area contributed by atoms with Crippen LogP contribution in [0.4, 0.5) is 5.82 Å². The van der Waals surface area contributed by atoms with E-state index in [0.29, 0.717) is 29.1 Å². The number of carbonyl (C=O) groups is 1. The number of hydrogen-bond donors (Lipinski definition) is 1. The van der Waals surface area contributed by atoms with Crippen molar-refractivity contribution in [3.8, 4) is 11.5 Å². The van der Waals surface area contributed by atoms with Gasteiger partial charge in [-0.25, -0.2) is 4.98 Å². The van der Waals surface area contributed by atoms with Gasteiger partial charge in [0.25, 0.3) is 0 Å². The van der Waals surface area contributed by atoms with Crippen molar-refractivity contribution in [1.82, 2.24) is 4.98 Å². The molecule has 5 nitrogen and oxygen atoms in total. The van der Waals surface area contributed by atoms with Crippen LogP contribution in [0.5, 0.6) is 11.5 Å². The zero-order valence-corrected chi connectivity index (χ0v) is 13.6. The lowest BCUT2D eigenvalue weighted by molar-refractivity contribution is -0.111. The van der Waals surface area contributed by atoms with Crippen LogP contribution < -0.4 is 14.8 Å². The van der Waals surface area contributed by atoms with Crippen LogP contribution in [-0.4, -0.2) is 24.6 Å². The number of nitrogens with zero attached hydrogens (tertiary/aromatic N) is 1. The summed E-state index contributed by atoms with van der Waals surface area (Å²) in [7, 11) is 1.57. The van der Waals surface area contributed by atoms with Gasteiger partial charge in [0.15, 0.2) is 11.5 Å². The molecule has 1 heterocycles. The molecule has 6 heteroatoms. The van der Waals surface area contributed by atoms with Crippen molar-refractivity contribution in [1.29, 1.82) is 0 Å². The molecule has 120 valence electrons. The zero-order valence-electron chi connectivity index (χ0n) is 12.9. The molecule has 0 aliphatic rings. The van der Waals surface area contributed by atoms with Crippen molar-refractivity contribution in [2.45, 2.75) is 6.92 Å². The van der Waals surface area contributed by atoms with Crippen molar-refractivity contribution in [3.63, 3.8) is 0 Å². The maximum absolute atomic E-state index is 11.9. The largest absolute Gasteiger partial charge is 0.493 e. The predicted molar refractivity (Wildman–Crippen MR) is 91.1 cm³/mol. The van der Waals surface area contributed by atoms with E-state index in [4.69, 9.17) is 21.1 Å².